The lowest BCUT2D eigenvalue weighted by Crippen LogP contribution is -2.66. The Labute approximate surface area is 753 Å². The van der Waals surface area contributed by atoms with E-state index in [2.05, 4.69) is 47.9 Å². The fourth-order valence-electron chi connectivity index (χ4n) is 17.5. The first kappa shape index (κ1) is 94.7. The zero-order valence-corrected chi connectivity index (χ0v) is 72.4. The van der Waals surface area contributed by atoms with Gasteiger partial charge in [-0.25, -0.2) is 9.59 Å². The lowest BCUT2D eigenvalue weighted by Gasteiger charge is -2.48. The molecular formula is C90H102ClN11O29. The minimum atomic E-state index is -2.41. The van der Waals surface area contributed by atoms with Crippen molar-refractivity contribution in [2.75, 3.05) is 26.8 Å². The highest BCUT2D eigenvalue weighted by Gasteiger charge is 2.54. The van der Waals surface area contributed by atoms with Gasteiger partial charge in [0, 0.05) is 47.1 Å². The van der Waals surface area contributed by atoms with Crippen molar-refractivity contribution in [2.24, 2.45) is 17.4 Å². The number of rotatable bonds is 20. The van der Waals surface area contributed by atoms with Gasteiger partial charge in [0.1, 0.15) is 109 Å². The van der Waals surface area contributed by atoms with E-state index in [0.29, 0.717) is 0 Å². The zero-order valence-electron chi connectivity index (χ0n) is 71.6. The molecule has 16 rings (SSSR count). The largest absolute Gasteiger partial charge is 0.508 e. The number of aromatic hydroxyl groups is 3. The molecule has 3 fully saturated rings. The highest BCUT2D eigenvalue weighted by atomic mass is 35.5. The first-order valence-electron chi connectivity index (χ1n) is 42.2. The summed E-state index contributed by atoms with van der Waals surface area (Å²) in [5.41, 5.74) is 10.4. The highest BCUT2D eigenvalue weighted by molar-refractivity contribution is 6.32. The number of fused-ring (bicyclic) bond motifs is 18. The molecule has 0 spiro atoms. The van der Waals surface area contributed by atoms with E-state index in [4.69, 9.17) is 65.7 Å². The number of alkyl carbamates (subject to hydrolysis) is 1. The second kappa shape index (κ2) is 39.0. The third-order valence-corrected chi connectivity index (χ3v) is 24.5. The molecule has 7 aromatic carbocycles. The Hall–Kier alpha value is -12.4. The highest BCUT2D eigenvalue weighted by Crippen LogP contribution is 2.51. The Bertz CT molecular complexity index is 5510. The van der Waals surface area contributed by atoms with Gasteiger partial charge in [-0.3, -0.25) is 38.4 Å². The van der Waals surface area contributed by atoms with Crippen molar-refractivity contribution >= 4 is 70.9 Å². The maximum atomic E-state index is 16.6. The van der Waals surface area contributed by atoms with Crippen molar-refractivity contribution in [3.8, 4) is 68.2 Å². The molecule has 23 N–H and O–H groups in total. The third-order valence-electron chi connectivity index (χ3n) is 24.2. The lowest BCUT2D eigenvalue weighted by atomic mass is 9.85. The van der Waals surface area contributed by atoms with Gasteiger partial charge in [-0.05, 0) is 146 Å². The number of ether oxygens (including phenoxy) is 9. The average Bonchev–Trinajstić information content (AvgIpc) is 1.72. The van der Waals surface area contributed by atoms with Crippen LogP contribution in [-0.2, 0) is 71.6 Å². The molecule has 698 valence electrons. The van der Waals surface area contributed by atoms with Gasteiger partial charge >= 0.3 is 12.1 Å². The summed E-state index contributed by atoms with van der Waals surface area (Å²) < 4.78 is 58.2. The van der Waals surface area contributed by atoms with Crippen molar-refractivity contribution in [3.63, 3.8) is 0 Å². The predicted molar refractivity (Wildman–Crippen MR) is 458 cm³/mol. The van der Waals surface area contributed by atoms with Gasteiger partial charge in [0.05, 0.1) is 47.9 Å². The number of phenols is 3. The summed E-state index contributed by atoms with van der Waals surface area (Å²) in [5, 5.41) is 140. The molecule has 131 heavy (non-hydrogen) atoms. The van der Waals surface area contributed by atoms with Crippen LogP contribution in [0, 0.1) is 5.92 Å². The first-order chi connectivity index (χ1) is 62.2. The Kier molecular flexibility index (Phi) is 28.2. The van der Waals surface area contributed by atoms with Gasteiger partial charge in [-0.2, -0.15) is 0 Å². The number of benzene rings is 7. The van der Waals surface area contributed by atoms with Crippen LogP contribution in [-0.4, -0.2) is 240 Å². The predicted octanol–water partition coefficient (Wildman–Crippen LogP) is 2.39. The van der Waals surface area contributed by atoms with Crippen LogP contribution < -0.4 is 73.5 Å². The molecule has 9 amide bonds. The van der Waals surface area contributed by atoms with E-state index in [1.54, 1.807) is 0 Å². The molecule has 0 aromatic heterocycles. The number of halogens is 1. The van der Waals surface area contributed by atoms with Crippen molar-refractivity contribution in [1.29, 1.82) is 0 Å². The number of phenolic OH excluding ortho intramolecular Hbond substituents is 3. The van der Waals surface area contributed by atoms with E-state index >= 15 is 24.0 Å². The van der Waals surface area contributed by atoms with Crippen molar-refractivity contribution in [1.82, 2.24) is 47.9 Å². The number of nitrogens with two attached hydrogens (primary N) is 2. The van der Waals surface area contributed by atoms with E-state index in [9.17, 15) is 75.0 Å². The zero-order chi connectivity index (χ0) is 94.3. The summed E-state index contributed by atoms with van der Waals surface area (Å²) in [5.74, 6) is -17.2. The molecule has 0 unspecified atom stereocenters. The van der Waals surface area contributed by atoms with Crippen molar-refractivity contribution in [3.05, 3.63) is 177 Å². The van der Waals surface area contributed by atoms with E-state index in [-0.39, 0.29) is 59.5 Å². The number of amides is 9. The van der Waals surface area contributed by atoms with Gasteiger partial charge in [0.2, 0.25) is 59.3 Å². The van der Waals surface area contributed by atoms with Crippen LogP contribution in [0.5, 0.6) is 46.0 Å². The summed E-state index contributed by atoms with van der Waals surface area (Å²) in [6, 6.07) is 16.3. The quantitative estimate of drug-likeness (QED) is 0.0521. The monoisotopic (exact) mass is 1840 g/mol. The smallest absolute Gasteiger partial charge is 0.407 e. The van der Waals surface area contributed by atoms with Gasteiger partial charge in [-0.15, -0.1) is 0 Å². The second-order valence-corrected chi connectivity index (χ2v) is 34.7. The van der Waals surface area contributed by atoms with E-state index < -0.39 is 280 Å². The Morgan fingerprint density at radius 2 is 1.27 bits per heavy atom. The Morgan fingerprint density at radius 1 is 0.641 bits per heavy atom. The third kappa shape index (κ3) is 20.3. The second-order valence-electron chi connectivity index (χ2n) is 34.3. The topological polar surface area (TPSA) is 616 Å². The number of aliphatic hydroxyl groups excluding tert-OH is 6. The number of aliphatic hydroxyl groups is 6. The van der Waals surface area contributed by atoms with Crippen LogP contribution in [0.1, 0.15) is 142 Å². The number of carboxylic acids is 1. The number of hydrogen-bond acceptors (Lipinski definition) is 30. The minimum Gasteiger partial charge on any atom is -0.508 e. The molecule has 8 heterocycles. The molecule has 8 aliphatic heterocycles. The van der Waals surface area contributed by atoms with Crippen LogP contribution in [0.4, 0.5) is 4.79 Å². The molecule has 11 bridgehead atoms. The molecule has 9 aliphatic rings. The fraction of sp³-hybridized carbons (Fsp3) is 0.422. The normalized spacial score (nSPS) is 29.2. The summed E-state index contributed by atoms with van der Waals surface area (Å²) in [6.45, 7) is 7.62. The van der Waals surface area contributed by atoms with Crippen LogP contribution >= 0.6 is 11.6 Å². The number of primary amides is 1. The molecule has 1 aliphatic carbocycles. The number of nitrogens with one attached hydrogen (secondary N) is 9. The molecule has 3 saturated heterocycles. The van der Waals surface area contributed by atoms with E-state index in [0.717, 1.165) is 70.8 Å². The first-order valence-corrected chi connectivity index (χ1v) is 42.5. The minimum absolute atomic E-state index is 0.0769. The summed E-state index contributed by atoms with van der Waals surface area (Å²) >= 11 is 7.22. The fourth-order valence-corrected chi connectivity index (χ4v) is 17.7. The van der Waals surface area contributed by atoms with Crippen LogP contribution in [0.25, 0.3) is 22.3 Å². The number of carboxylic acid groups (broad SMARTS) is 1. The standard InChI is InChI=1S/C90H102ClN11O29/c1-37(2)24-54(94-7)80(114)100-70-72(109)42-19-23-58(53(91)26-42)127-60-28-43-27-59(76(60)131-87-77(74(111)73(110)61(35-103)128-87)130-65-33-90(6,79(113)39(4)125-65)102-63(108)34-95-88(122)123-36-52-48-14-10-8-12-46(48)47-13-9-11-15-49(47)52)126-45-20-16-40(17-21-45)75(129-64-32-89(5,93)78(112)38(3)124-64)71-85(119)99-69(86(120)121)51-29-44(104)30-57(106)66(51)50-25-41(18-22-56(50)105)67(82(116)101-71)98-83(117)68(43)97-81(115)55(31-62(92)107)96-84(70)118/h8-23,25-30,37-39,52,54-55,61,64-65,67-75,77-79,87,94,103-106,109-113H,24,31-36,93H2,1-7H3,(H2,92,107)(H,95,122)(H,96,118)(H,97,115)(H,98,117)(H,99,119)(H,100,114)(H,101,116)(H,102,108)(H,120,121)/t38-,39-,54+,55-,61+,64-,65-,67+,68+,69-,70+,71-,72+,73+,74-,75+,77+,78-,79-,87-,89-,90-/m0/s1. The van der Waals surface area contributed by atoms with Crippen molar-refractivity contribution in [2.45, 2.75) is 206 Å². The molecule has 7 aromatic rings. The maximum Gasteiger partial charge on any atom is 0.407 e. The molecule has 40 nitrogen and oxygen atoms in total. The average molecular weight is 1840 g/mol. The lowest BCUT2D eigenvalue weighted by molar-refractivity contribution is -0.334. The van der Waals surface area contributed by atoms with Crippen LogP contribution in [0.3, 0.4) is 0 Å². The molecule has 0 radical (unpaired) electrons. The summed E-state index contributed by atoms with van der Waals surface area (Å²) in [7, 11) is 1.47. The van der Waals surface area contributed by atoms with Gasteiger partial charge < -0.3 is 153 Å². The van der Waals surface area contributed by atoms with E-state index in [1.165, 1.54) is 71.1 Å². The molecule has 22 atom stereocenters. The SMILES string of the molecule is CN[C@H](CC(C)C)C(=O)N[C@H]1C(=O)N[C@@H](CC(N)=O)C(=O)N[C@H]2C(=O)N[C@H]3C(=O)N[C@H](C(=O)N[C@H](C(=O)O)c4cc(O)cc(O)c4-c4cc3ccc4O)[C@H](O[C@H]3C[C@](C)(N)[C@@H](O)[C@H](C)O3)c3ccc(cc3)Oc3cc2cc(c3O[C@@H]2O[C@H](CO)[C@@H](O)[C@H](O)[C@H]2O[C@H]2C[C@](C)(NC(=O)CNC(=O)OCC3c4ccccc4-c4ccccc43)[C@@H](O)[C@H](C)O2)Oc2ccc(cc2Cl)[C@H]1O. The number of carbonyl (C=O) groups excluding carboxylic acids is 9. The number of likely N-dealkylation sites (N-methyl/N-ethyl adjacent to an activating group) is 1. The molecular weight excluding hydrogens is 1730 g/mol. The maximum absolute atomic E-state index is 16.6. The molecule has 41 heteroatoms. The summed E-state index contributed by atoms with van der Waals surface area (Å²) in [6.07, 6.45) is -25.3. The number of hydrogen-bond donors (Lipinski definition) is 21. The Morgan fingerprint density at radius 3 is 1.91 bits per heavy atom. The Balaban J connectivity index is 0.911. The molecule has 0 saturated carbocycles. The van der Waals surface area contributed by atoms with Crippen molar-refractivity contribution < 1.29 is 142 Å². The van der Waals surface area contributed by atoms with E-state index in [1.807, 2.05) is 62.4 Å². The van der Waals surface area contributed by atoms with Gasteiger partial charge in [0.15, 0.2) is 36.2 Å². The number of carbonyl (C=O) groups is 10. The van der Waals surface area contributed by atoms with Gasteiger partial charge in [-0.1, -0.05) is 98.2 Å². The van der Waals surface area contributed by atoms with Crippen LogP contribution in [0.15, 0.2) is 133 Å². The van der Waals surface area contributed by atoms with Crippen LogP contribution in [0.2, 0.25) is 5.02 Å². The number of aliphatic carboxylic acids is 1. The summed E-state index contributed by atoms with van der Waals surface area (Å²) in [4.78, 5) is 148. The van der Waals surface area contributed by atoms with Gasteiger partial charge in [0.25, 0.3) is 0 Å².